The minimum Gasteiger partial charge on any atom is -0.497 e. The highest BCUT2D eigenvalue weighted by atomic mass is 16.5. The highest BCUT2D eigenvalue weighted by molar-refractivity contribution is 5.32. The van der Waals surface area contributed by atoms with Crippen LogP contribution in [0.2, 0.25) is 0 Å². The zero-order valence-electron chi connectivity index (χ0n) is 13.1. The van der Waals surface area contributed by atoms with E-state index in [2.05, 4.69) is 30.9 Å². The Kier molecular flexibility index (Phi) is 5.06. The van der Waals surface area contributed by atoms with Crippen LogP contribution >= 0.6 is 0 Å². The van der Waals surface area contributed by atoms with Crippen molar-refractivity contribution in [1.29, 1.82) is 0 Å². The molecule has 0 radical (unpaired) electrons. The van der Waals surface area contributed by atoms with Gasteiger partial charge in [0.15, 0.2) is 0 Å². The second-order valence-electron chi connectivity index (χ2n) is 6.47. The van der Waals surface area contributed by atoms with Crippen molar-refractivity contribution in [3.8, 4) is 5.75 Å². The molecule has 1 aromatic carbocycles. The van der Waals surface area contributed by atoms with Crippen LogP contribution in [0.15, 0.2) is 24.3 Å². The van der Waals surface area contributed by atoms with E-state index < -0.39 is 0 Å². The molecule has 3 heteroatoms. The van der Waals surface area contributed by atoms with Crippen LogP contribution in [0, 0.1) is 5.92 Å². The molecule has 0 spiro atoms. The molecule has 1 unspecified atom stereocenters. The Labute approximate surface area is 123 Å². The van der Waals surface area contributed by atoms with Crippen molar-refractivity contribution in [1.82, 2.24) is 4.90 Å². The summed E-state index contributed by atoms with van der Waals surface area (Å²) in [4.78, 5) is 2.51. The zero-order valence-corrected chi connectivity index (χ0v) is 13.1. The number of hydrogen-bond acceptors (Lipinski definition) is 3. The van der Waals surface area contributed by atoms with Crippen LogP contribution in [-0.2, 0) is 5.54 Å². The average Bonchev–Trinajstić information content (AvgIpc) is 2.90. The minimum absolute atomic E-state index is 0.259. The largest absolute Gasteiger partial charge is 0.497 e. The molecular weight excluding hydrogens is 248 g/mol. The summed E-state index contributed by atoms with van der Waals surface area (Å²) in [5, 5.41) is 0. The topological polar surface area (TPSA) is 38.5 Å². The third kappa shape index (κ3) is 3.74. The lowest BCUT2D eigenvalue weighted by atomic mass is 9.82. The van der Waals surface area contributed by atoms with Gasteiger partial charge in [0.1, 0.15) is 5.75 Å². The molecule has 0 bridgehead atoms. The van der Waals surface area contributed by atoms with E-state index in [4.69, 9.17) is 10.5 Å². The standard InChI is InChI=1S/C17H28N2O/c1-14(2)12-17(18,13-19-10-4-5-11-19)15-6-8-16(20-3)9-7-15/h6-9,14H,4-5,10-13,18H2,1-3H3. The molecule has 1 saturated heterocycles. The van der Waals surface area contributed by atoms with E-state index in [1.54, 1.807) is 7.11 Å². The molecule has 1 fully saturated rings. The fourth-order valence-corrected chi connectivity index (χ4v) is 3.26. The zero-order chi connectivity index (χ0) is 14.6. The van der Waals surface area contributed by atoms with Crippen molar-refractivity contribution in [3.05, 3.63) is 29.8 Å². The number of nitrogens with two attached hydrogens (primary N) is 1. The number of ether oxygens (including phenoxy) is 1. The van der Waals surface area contributed by atoms with E-state index >= 15 is 0 Å². The number of nitrogens with zero attached hydrogens (tertiary/aromatic N) is 1. The Morgan fingerprint density at radius 2 is 1.80 bits per heavy atom. The molecule has 1 heterocycles. The monoisotopic (exact) mass is 276 g/mol. The summed E-state index contributed by atoms with van der Waals surface area (Å²) in [6.45, 7) is 7.82. The van der Waals surface area contributed by atoms with E-state index in [9.17, 15) is 0 Å². The molecule has 1 aliphatic heterocycles. The molecule has 112 valence electrons. The fraction of sp³-hybridized carbons (Fsp3) is 0.647. The van der Waals surface area contributed by atoms with Gasteiger partial charge in [0.05, 0.1) is 12.6 Å². The lowest BCUT2D eigenvalue weighted by molar-refractivity contribution is 0.219. The van der Waals surface area contributed by atoms with Gasteiger partial charge in [0.25, 0.3) is 0 Å². The first-order valence-corrected chi connectivity index (χ1v) is 7.69. The Bertz CT molecular complexity index is 410. The second-order valence-corrected chi connectivity index (χ2v) is 6.47. The summed E-state index contributed by atoms with van der Waals surface area (Å²) in [5.41, 5.74) is 7.77. The van der Waals surface area contributed by atoms with E-state index in [-0.39, 0.29) is 5.54 Å². The van der Waals surface area contributed by atoms with Gasteiger partial charge in [0, 0.05) is 6.54 Å². The number of rotatable bonds is 6. The Morgan fingerprint density at radius 3 is 2.30 bits per heavy atom. The molecule has 1 aliphatic rings. The Hall–Kier alpha value is -1.06. The molecule has 0 amide bonds. The highest BCUT2D eigenvalue weighted by Gasteiger charge is 2.31. The van der Waals surface area contributed by atoms with Gasteiger partial charge in [-0.2, -0.15) is 0 Å². The number of methoxy groups -OCH3 is 1. The van der Waals surface area contributed by atoms with E-state index in [0.717, 1.165) is 18.7 Å². The molecule has 20 heavy (non-hydrogen) atoms. The van der Waals surface area contributed by atoms with Crippen LogP contribution in [0.1, 0.15) is 38.7 Å². The molecule has 0 saturated carbocycles. The van der Waals surface area contributed by atoms with Crippen LogP contribution in [-0.4, -0.2) is 31.6 Å². The molecule has 1 aromatic rings. The Balaban J connectivity index is 2.19. The van der Waals surface area contributed by atoms with Crippen molar-refractivity contribution >= 4 is 0 Å². The summed E-state index contributed by atoms with van der Waals surface area (Å²) in [7, 11) is 1.70. The van der Waals surface area contributed by atoms with Crippen LogP contribution in [0.4, 0.5) is 0 Å². The van der Waals surface area contributed by atoms with Crippen LogP contribution in [0.25, 0.3) is 0 Å². The number of likely N-dealkylation sites (tertiary alicyclic amines) is 1. The van der Waals surface area contributed by atoms with Gasteiger partial charge in [0.2, 0.25) is 0 Å². The Morgan fingerprint density at radius 1 is 1.20 bits per heavy atom. The fourth-order valence-electron chi connectivity index (χ4n) is 3.26. The van der Waals surface area contributed by atoms with Crippen LogP contribution < -0.4 is 10.5 Å². The van der Waals surface area contributed by atoms with Gasteiger partial charge in [-0.1, -0.05) is 26.0 Å². The quantitative estimate of drug-likeness (QED) is 0.868. The van der Waals surface area contributed by atoms with E-state index in [1.807, 2.05) is 12.1 Å². The molecular formula is C17H28N2O. The summed E-state index contributed by atoms with van der Waals surface area (Å²) in [5.74, 6) is 1.48. The molecule has 1 atom stereocenters. The maximum Gasteiger partial charge on any atom is 0.118 e. The lowest BCUT2D eigenvalue weighted by Crippen LogP contribution is -2.47. The second kappa shape index (κ2) is 6.59. The number of benzene rings is 1. The molecule has 2 N–H and O–H groups in total. The summed E-state index contributed by atoms with van der Waals surface area (Å²) in [6, 6.07) is 8.27. The van der Waals surface area contributed by atoms with Crippen molar-refractivity contribution in [2.45, 2.75) is 38.6 Å². The van der Waals surface area contributed by atoms with Crippen LogP contribution in [0.5, 0.6) is 5.75 Å². The first-order chi connectivity index (χ1) is 9.53. The summed E-state index contributed by atoms with van der Waals surface area (Å²) < 4.78 is 5.25. The van der Waals surface area contributed by atoms with Crippen molar-refractivity contribution < 1.29 is 4.74 Å². The van der Waals surface area contributed by atoms with Gasteiger partial charge in [-0.05, 0) is 56.0 Å². The van der Waals surface area contributed by atoms with Gasteiger partial charge < -0.3 is 15.4 Å². The molecule has 2 rings (SSSR count). The summed E-state index contributed by atoms with van der Waals surface area (Å²) >= 11 is 0. The normalized spacial score (nSPS) is 19.2. The first-order valence-electron chi connectivity index (χ1n) is 7.69. The van der Waals surface area contributed by atoms with Crippen molar-refractivity contribution in [2.75, 3.05) is 26.7 Å². The SMILES string of the molecule is COc1ccc(C(N)(CC(C)C)CN2CCCC2)cc1. The summed E-state index contributed by atoms with van der Waals surface area (Å²) in [6.07, 6.45) is 3.62. The maximum atomic E-state index is 6.81. The third-order valence-corrected chi connectivity index (χ3v) is 4.14. The van der Waals surface area contributed by atoms with Crippen LogP contribution in [0.3, 0.4) is 0 Å². The molecule has 0 aromatic heterocycles. The highest BCUT2D eigenvalue weighted by Crippen LogP contribution is 2.29. The van der Waals surface area contributed by atoms with Gasteiger partial charge in [-0.3, -0.25) is 0 Å². The molecule has 0 aliphatic carbocycles. The predicted octanol–water partition coefficient (Wildman–Crippen LogP) is 2.99. The van der Waals surface area contributed by atoms with E-state index in [0.29, 0.717) is 5.92 Å². The molecule has 3 nitrogen and oxygen atoms in total. The average molecular weight is 276 g/mol. The predicted molar refractivity (Wildman–Crippen MR) is 84.0 cm³/mol. The lowest BCUT2D eigenvalue weighted by Gasteiger charge is -2.35. The van der Waals surface area contributed by atoms with Crippen molar-refractivity contribution in [2.24, 2.45) is 11.7 Å². The van der Waals surface area contributed by atoms with E-state index in [1.165, 1.54) is 31.5 Å². The third-order valence-electron chi connectivity index (χ3n) is 4.14. The number of hydrogen-bond donors (Lipinski definition) is 1. The maximum absolute atomic E-state index is 6.81. The van der Waals surface area contributed by atoms with Gasteiger partial charge in [-0.25, -0.2) is 0 Å². The van der Waals surface area contributed by atoms with Gasteiger partial charge >= 0.3 is 0 Å². The van der Waals surface area contributed by atoms with Gasteiger partial charge in [-0.15, -0.1) is 0 Å². The van der Waals surface area contributed by atoms with Crippen molar-refractivity contribution in [3.63, 3.8) is 0 Å². The first kappa shape index (κ1) is 15.3. The minimum atomic E-state index is -0.259. The smallest absolute Gasteiger partial charge is 0.118 e.